The number of aromatic nitrogens is 4. The van der Waals surface area contributed by atoms with E-state index in [0.29, 0.717) is 0 Å². The molecule has 4 rings (SSSR count). The van der Waals surface area contributed by atoms with Crippen molar-refractivity contribution >= 4 is 0 Å². The Labute approximate surface area is 134 Å². The monoisotopic (exact) mass is 306 g/mol. The van der Waals surface area contributed by atoms with Crippen molar-refractivity contribution < 1.29 is 4.74 Å². The van der Waals surface area contributed by atoms with Crippen LogP contribution in [-0.2, 0) is 12.8 Å². The maximum Gasteiger partial charge on any atom is 0.126 e. The van der Waals surface area contributed by atoms with Gasteiger partial charge in [-0.05, 0) is 24.5 Å². The van der Waals surface area contributed by atoms with Gasteiger partial charge in [0.15, 0.2) is 0 Å². The summed E-state index contributed by atoms with van der Waals surface area (Å²) in [4.78, 5) is 15.9. The minimum absolute atomic E-state index is 0.148. The normalized spacial score (nSPS) is 14.3. The number of aromatic amines is 1. The van der Waals surface area contributed by atoms with E-state index in [4.69, 9.17) is 4.74 Å². The summed E-state index contributed by atoms with van der Waals surface area (Å²) in [5, 5.41) is 0. The lowest BCUT2D eigenvalue weighted by Gasteiger charge is -2.19. The molecule has 0 amide bonds. The van der Waals surface area contributed by atoms with Crippen LogP contribution in [0.3, 0.4) is 0 Å². The minimum atomic E-state index is 0.148. The van der Waals surface area contributed by atoms with Crippen LogP contribution in [0.1, 0.15) is 34.0 Å². The van der Waals surface area contributed by atoms with Crippen LogP contribution in [-0.4, -0.2) is 26.5 Å². The zero-order chi connectivity index (χ0) is 15.6. The summed E-state index contributed by atoms with van der Waals surface area (Å²) in [6.07, 6.45) is 8.89. The highest BCUT2D eigenvalue weighted by Crippen LogP contribution is 2.38. The molecule has 0 saturated carbocycles. The minimum Gasteiger partial charge on any atom is -0.493 e. The predicted molar refractivity (Wildman–Crippen MR) is 86.5 cm³/mol. The van der Waals surface area contributed by atoms with Gasteiger partial charge in [0.25, 0.3) is 0 Å². The summed E-state index contributed by atoms with van der Waals surface area (Å²) in [6.45, 7) is 2.78. The molecule has 1 aliphatic heterocycles. The zero-order valence-corrected chi connectivity index (χ0v) is 13.0. The number of fused-ring (bicyclic) bond motifs is 1. The molecule has 1 aromatic carbocycles. The van der Waals surface area contributed by atoms with Gasteiger partial charge < -0.3 is 9.72 Å². The number of nitrogens with one attached hydrogen (secondary N) is 1. The summed E-state index contributed by atoms with van der Waals surface area (Å²) < 4.78 is 5.91. The Kier molecular flexibility index (Phi) is 3.54. The Morgan fingerprint density at radius 2 is 2.22 bits per heavy atom. The van der Waals surface area contributed by atoms with E-state index in [1.807, 2.05) is 19.3 Å². The highest BCUT2D eigenvalue weighted by Gasteiger charge is 2.25. The lowest BCUT2D eigenvalue weighted by molar-refractivity contribution is 0.352. The van der Waals surface area contributed by atoms with Gasteiger partial charge in [0.05, 0.1) is 12.9 Å². The molecular formula is C18H18N4O. The quantitative estimate of drug-likeness (QED) is 0.805. The Morgan fingerprint density at radius 3 is 3.04 bits per heavy atom. The van der Waals surface area contributed by atoms with Gasteiger partial charge in [-0.15, -0.1) is 0 Å². The van der Waals surface area contributed by atoms with E-state index in [0.717, 1.165) is 42.1 Å². The number of nitrogens with zero attached hydrogens (tertiary/aromatic N) is 3. The van der Waals surface area contributed by atoms with E-state index in [9.17, 15) is 0 Å². The highest BCUT2D eigenvalue weighted by molar-refractivity contribution is 5.48. The number of imidazole rings is 1. The van der Waals surface area contributed by atoms with Gasteiger partial charge in [0.1, 0.15) is 12.1 Å². The zero-order valence-electron chi connectivity index (χ0n) is 13.0. The number of para-hydroxylation sites is 1. The molecule has 0 radical (unpaired) electrons. The van der Waals surface area contributed by atoms with Crippen LogP contribution in [0.2, 0.25) is 0 Å². The molecule has 3 aromatic rings. The third-order valence-electron chi connectivity index (χ3n) is 4.45. The van der Waals surface area contributed by atoms with Crippen LogP contribution >= 0.6 is 0 Å². The SMILES string of the molecule is Cc1ncncc1CC(c1cnc[nH]1)c1cccc2c1OCC2. The van der Waals surface area contributed by atoms with Gasteiger partial charge in [0, 0.05) is 41.7 Å². The predicted octanol–water partition coefficient (Wildman–Crippen LogP) is 2.82. The summed E-state index contributed by atoms with van der Waals surface area (Å²) in [6, 6.07) is 6.40. The Bertz CT molecular complexity index is 814. The average molecular weight is 306 g/mol. The number of hydrogen-bond acceptors (Lipinski definition) is 4. The summed E-state index contributed by atoms with van der Waals surface area (Å²) in [5.41, 5.74) is 5.72. The van der Waals surface area contributed by atoms with Crippen LogP contribution in [0.4, 0.5) is 0 Å². The lowest BCUT2D eigenvalue weighted by atomic mass is 9.88. The molecule has 0 fully saturated rings. The van der Waals surface area contributed by atoms with Crippen molar-refractivity contribution in [1.82, 2.24) is 19.9 Å². The van der Waals surface area contributed by atoms with E-state index < -0.39 is 0 Å². The summed E-state index contributed by atoms with van der Waals surface area (Å²) in [7, 11) is 0. The second-order valence-corrected chi connectivity index (χ2v) is 5.83. The van der Waals surface area contributed by atoms with Crippen LogP contribution in [0.5, 0.6) is 5.75 Å². The first kappa shape index (κ1) is 13.9. The fraction of sp³-hybridized carbons (Fsp3) is 0.278. The Hall–Kier alpha value is -2.69. The van der Waals surface area contributed by atoms with E-state index >= 15 is 0 Å². The van der Waals surface area contributed by atoms with Gasteiger partial charge in [0.2, 0.25) is 0 Å². The van der Waals surface area contributed by atoms with Crippen molar-refractivity contribution in [3.8, 4) is 5.75 Å². The number of hydrogen-bond donors (Lipinski definition) is 1. The summed E-state index contributed by atoms with van der Waals surface area (Å²) >= 11 is 0. The molecule has 1 unspecified atom stereocenters. The first-order valence-corrected chi connectivity index (χ1v) is 7.81. The van der Waals surface area contributed by atoms with Crippen molar-refractivity contribution in [1.29, 1.82) is 0 Å². The third kappa shape index (κ3) is 2.59. The molecule has 0 spiro atoms. The maximum absolute atomic E-state index is 5.91. The molecule has 0 saturated heterocycles. The van der Waals surface area contributed by atoms with Crippen molar-refractivity contribution in [3.63, 3.8) is 0 Å². The molecule has 5 heteroatoms. The molecular weight excluding hydrogens is 288 g/mol. The molecule has 0 aliphatic carbocycles. The molecule has 2 aromatic heterocycles. The topological polar surface area (TPSA) is 63.7 Å². The second-order valence-electron chi connectivity index (χ2n) is 5.83. The highest BCUT2D eigenvalue weighted by atomic mass is 16.5. The standard InChI is InChI=1S/C18H18N4O/c1-12-14(8-19-10-21-12)7-16(17-9-20-11-22-17)15-4-2-3-13-5-6-23-18(13)15/h2-4,8-11,16H,5-7H2,1H3,(H,20,22). The van der Waals surface area contributed by atoms with Gasteiger partial charge in [-0.3, -0.25) is 0 Å². The number of rotatable bonds is 4. The van der Waals surface area contributed by atoms with Gasteiger partial charge in [-0.1, -0.05) is 18.2 Å². The van der Waals surface area contributed by atoms with Crippen molar-refractivity contribution in [2.45, 2.75) is 25.7 Å². The average Bonchev–Trinajstić information content (AvgIpc) is 3.25. The molecule has 1 N–H and O–H groups in total. The number of aryl methyl sites for hydroxylation is 1. The molecule has 1 atom stereocenters. The summed E-state index contributed by atoms with van der Waals surface area (Å²) in [5.74, 6) is 1.18. The largest absolute Gasteiger partial charge is 0.493 e. The molecule has 3 heterocycles. The number of H-pyrrole nitrogens is 1. The van der Waals surface area contributed by atoms with Gasteiger partial charge >= 0.3 is 0 Å². The smallest absolute Gasteiger partial charge is 0.126 e. The molecule has 5 nitrogen and oxygen atoms in total. The first-order valence-electron chi connectivity index (χ1n) is 7.81. The Balaban J connectivity index is 1.79. The molecule has 116 valence electrons. The number of benzene rings is 1. The lowest BCUT2D eigenvalue weighted by Crippen LogP contribution is -2.09. The number of ether oxygens (including phenoxy) is 1. The Morgan fingerprint density at radius 1 is 1.26 bits per heavy atom. The van der Waals surface area contributed by atoms with E-state index in [-0.39, 0.29) is 5.92 Å². The van der Waals surface area contributed by atoms with Crippen molar-refractivity contribution in [3.05, 3.63) is 71.3 Å². The van der Waals surface area contributed by atoms with Crippen LogP contribution in [0.25, 0.3) is 0 Å². The fourth-order valence-electron chi connectivity index (χ4n) is 3.20. The van der Waals surface area contributed by atoms with E-state index in [2.05, 4.69) is 38.1 Å². The van der Waals surface area contributed by atoms with Gasteiger partial charge in [-0.25, -0.2) is 15.0 Å². The van der Waals surface area contributed by atoms with E-state index in [1.165, 1.54) is 11.1 Å². The van der Waals surface area contributed by atoms with Crippen LogP contribution in [0.15, 0.2) is 43.2 Å². The van der Waals surface area contributed by atoms with Gasteiger partial charge in [-0.2, -0.15) is 0 Å². The maximum atomic E-state index is 5.91. The fourth-order valence-corrected chi connectivity index (χ4v) is 3.20. The van der Waals surface area contributed by atoms with E-state index in [1.54, 1.807) is 12.7 Å². The molecule has 1 aliphatic rings. The third-order valence-corrected chi connectivity index (χ3v) is 4.45. The first-order chi connectivity index (χ1) is 11.3. The van der Waals surface area contributed by atoms with Crippen LogP contribution in [0, 0.1) is 6.92 Å². The molecule has 23 heavy (non-hydrogen) atoms. The van der Waals surface area contributed by atoms with Crippen LogP contribution < -0.4 is 4.74 Å². The van der Waals surface area contributed by atoms with Crippen molar-refractivity contribution in [2.24, 2.45) is 0 Å². The second kappa shape index (κ2) is 5.83. The molecule has 0 bridgehead atoms. The van der Waals surface area contributed by atoms with Crippen molar-refractivity contribution in [2.75, 3.05) is 6.61 Å².